The Morgan fingerprint density at radius 1 is 1.07 bits per heavy atom. The predicted octanol–water partition coefficient (Wildman–Crippen LogP) is 1.70. The van der Waals surface area contributed by atoms with Crippen LogP contribution < -0.4 is 0 Å². The number of aliphatic carboxylic acids is 2. The van der Waals surface area contributed by atoms with E-state index >= 15 is 0 Å². The van der Waals surface area contributed by atoms with E-state index in [0.29, 0.717) is 0 Å². The van der Waals surface area contributed by atoms with Gasteiger partial charge in [0, 0.05) is 0 Å². The van der Waals surface area contributed by atoms with E-state index < -0.39 is 18.4 Å². The Kier molecular flexibility index (Phi) is 16.5. The largest absolute Gasteiger partial charge is 0.481 e. The van der Waals surface area contributed by atoms with Gasteiger partial charge >= 0.3 is 94.0 Å². The number of rotatable bonds is 6. The van der Waals surface area contributed by atoms with Gasteiger partial charge < -0.3 is 10.2 Å². The van der Waals surface area contributed by atoms with Crippen molar-refractivity contribution in [3.8, 4) is 0 Å². The molecule has 5 heteroatoms. The Labute approximate surface area is 119 Å². The van der Waals surface area contributed by atoms with Crippen LogP contribution in [0, 0.1) is 0 Å². The number of carboxylic acids is 2. The summed E-state index contributed by atoms with van der Waals surface area (Å²) in [4.78, 5) is 18.9. The third-order valence-corrected chi connectivity index (χ3v) is 2.61. The molecule has 0 aromatic heterocycles. The molecule has 0 aromatic carbocycles. The standard InChI is InChI=1S/C6H13.C3H4O4.K/c1-3-5-6-4-2;4-2(5)1-3(6)7;/h1,3-6H2,2H3;1H2,(H,4,5)(H,6,7);. The number of hydrogen-bond acceptors (Lipinski definition) is 2. The van der Waals surface area contributed by atoms with Crippen molar-refractivity contribution < 1.29 is 19.8 Å². The minimum absolute atomic E-state index is 0.806. The van der Waals surface area contributed by atoms with Crippen molar-refractivity contribution in [2.75, 3.05) is 0 Å². The molecule has 0 spiro atoms. The molecule has 0 rings (SSSR count). The molecule has 0 aliphatic carbocycles. The Bertz CT molecular complexity index is 143. The van der Waals surface area contributed by atoms with Crippen LogP contribution in [0.1, 0.15) is 39.0 Å². The van der Waals surface area contributed by atoms with Gasteiger partial charge in [0.2, 0.25) is 0 Å². The SMILES string of the molecule is CCCCC[CH2][K].O=C(O)CC(=O)O. The zero-order valence-electron chi connectivity index (χ0n) is 8.95. The van der Waals surface area contributed by atoms with Gasteiger partial charge in [-0.15, -0.1) is 0 Å². The summed E-state index contributed by atoms with van der Waals surface area (Å²) in [5.41, 5.74) is 0. The molecule has 0 atom stereocenters. The molecule has 0 saturated heterocycles. The van der Waals surface area contributed by atoms with Crippen LogP contribution in [0.5, 0.6) is 0 Å². The van der Waals surface area contributed by atoms with Crippen molar-refractivity contribution in [1.82, 2.24) is 0 Å². The first-order valence-electron chi connectivity index (χ1n) is 4.98. The Balaban J connectivity index is 0. The van der Waals surface area contributed by atoms with Gasteiger partial charge in [0.05, 0.1) is 0 Å². The quantitative estimate of drug-likeness (QED) is 0.412. The Morgan fingerprint density at radius 3 is 1.79 bits per heavy atom. The molecule has 0 heterocycles. The molecular weight excluding hydrogens is 211 g/mol. The van der Waals surface area contributed by atoms with E-state index in [1.54, 1.807) is 0.515 Å². The van der Waals surface area contributed by atoms with Gasteiger partial charge in [-0.3, -0.25) is 9.59 Å². The summed E-state index contributed by atoms with van der Waals surface area (Å²) in [7, 11) is 0. The maximum atomic E-state index is 9.43. The first kappa shape index (κ1) is 17.0. The van der Waals surface area contributed by atoms with E-state index in [1.807, 2.05) is 0 Å². The second kappa shape index (κ2) is 13.6. The van der Waals surface area contributed by atoms with Crippen LogP contribution in [-0.4, -0.2) is 71.1 Å². The van der Waals surface area contributed by atoms with Crippen molar-refractivity contribution in [2.45, 2.75) is 39.5 Å². The Morgan fingerprint density at radius 2 is 1.57 bits per heavy atom. The molecule has 0 fully saturated rings. The van der Waals surface area contributed by atoms with Crippen LogP contribution in [-0.2, 0) is 9.59 Å². The van der Waals surface area contributed by atoms with Crippen LogP contribution in [0.25, 0.3) is 0 Å². The Hall–Kier alpha value is 0.576. The predicted molar refractivity (Wildman–Crippen MR) is 54.6 cm³/mol. The minimum Gasteiger partial charge on any atom is -0.481 e. The molecule has 4 nitrogen and oxygen atoms in total. The fourth-order valence-electron chi connectivity index (χ4n) is 0.806. The minimum atomic E-state index is -1.31. The second-order valence-corrected chi connectivity index (χ2v) is 4.59. The molecule has 78 valence electrons. The molecule has 0 amide bonds. The van der Waals surface area contributed by atoms with Gasteiger partial charge in [0.25, 0.3) is 0 Å². The molecule has 0 bridgehead atoms. The summed E-state index contributed by atoms with van der Waals surface area (Å²) in [5.74, 6) is -2.62. The van der Waals surface area contributed by atoms with Crippen molar-refractivity contribution in [3.63, 3.8) is 0 Å². The maximum absolute atomic E-state index is 9.43. The maximum Gasteiger partial charge on any atom is 0.314 e. The van der Waals surface area contributed by atoms with Crippen LogP contribution in [0.15, 0.2) is 0 Å². The summed E-state index contributed by atoms with van der Waals surface area (Å²) in [6, 6.07) is 0. The van der Waals surface area contributed by atoms with Gasteiger partial charge in [-0.1, -0.05) is 0 Å². The van der Waals surface area contributed by atoms with E-state index in [1.165, 1.54) is 25.7 Å². The molecular formula is C9H17KO4. The first-order valence-corrected chi connectivity index (χ1v) is 7.19. The zero-order chi connectivity index (χ0) is 11.4. The van der Waals surface area contributed by atoms with E-state index in [0.717, 1.165) is 49.0 Å². The number of hydrogen-bond donors (Lipinski definition) is 2. The molecule has 14 heavy (non-hydrogen) atoms. The normalized spacial score (nSPS) is 8.79. The third-order valence-electron chi connectivity index (χ3n) is 1.51. The molecule has 0 aromatic rings. The summed E-state index contributed by atoms with van der Waals surface area (Å²) < 4.78 is 1.55. The monoisotopic (exact) mass is 228 g/mol. The molecule has 0 aliphatic heterocycles. The molecule has 0 saturated carbocycles. The molecule has 0 aliphatic rings. The number of unbranched alkanes of at least 4 members (excludes halogenated alkanes) is 3. The second-order valence-electron chi connectivity index (χ2n) is 3.02. The summed E-state index contributed by atoms with van der Waals surface area (Å²) in [6.07, 6.45) is 5.02. The van der Waals surface area contributed by atoms with Crippen molar-refractivity contribution in [2.24, 2.45) is 0 Å². The van der Waals surface area contributed by atoms with Crippen LogP contribution in [0.4, 0.5) is 0 Å². The van der Waals surface area contributed by atoms with Gasteiger partial charge in [-0.05, 0) is 0 Å². The van der Waals surface area contributed by atoms with Crippen molar-refractivity contribution >= 4 is 60.9 Å². The van der Waals surface area contributed by atoms with Crippen LogP contribution >= 0.6 is 0 Å². The fraction of sp³-hybridized carbons (Fsp3) is 0.778. The summed E-state index contributed by atoms with van der Waals surface area (Å²) in [6.45, 7) is 2.26. The molecule has 0 radical (unpaired) electrons. The number of carboxylic acid groups (broad SMARTS) is 2. The van der Waals surface area contributed by atoms with Gasteiger partial charge in [0.15, 0.2) is 0 Å². The van der Waals surface area contributed by atoms with Gasteiger partial charge in [0.1, 0.15) is 6.42 Å². The summed E-state index contributed by atoms with van der Waals surface area (Å²) in [5, 5.41) is 15.4. The number of carbonyl (C=O) groups is 2. The van der Waals surface area contributed by atoms with Crippen LogP contribution in [0.2, 0.25) is 0.515 Å². The zero-order valence-corrected chi connectivity index (χ0v) is 12.1. The van der Waals surface area contributed by atoms with E-state index in [2.05, 4.69) is 6.92 Å². The topological polar surface area (TPSA) is 74.6 Å². The first-order chi connectivity index (χ1) is 6.54. The average Bonchev–Trinajstić information content (AvgIpc) is 2.04. The van der Waals surface area contributed by atoms with Crippen molar-refractivity contribution in [3.05, 3.63) is 0 Å². The smallest absolute Gasteiger partial charge is 0.314 e. The van der Waals surface area contributed by atoms with E-state index in [-0.39, 0.29) is 0 Å². The van der Waals surface area contributed by atoms with Gasteiger partial charge in [-0.25, -0.2) is 0 Å². The fourth-order valence-corrected chi connectivity index (χ4v) is 1.59. The van der Waals surface area contributed by atoms with E-state index in [4.69, 9.17) is 10.2 Å². The average molecular weight is 228 g/mol. The summed E-state index contributed by atoms with van der Waals surface area (Å²) >= 11 is 1.11. The molecule has 2 N–H and O–H groups in total. The third kappa shape index (κ3) is 22.9. The van der Waals surface area contributed by atoms with Gasteiger partial charge in [-0.2, -0.15) is 0 Å². The van der Waals surface area contributed by atoms with Crippen LogP contribution in [0.3, 0.4) is 0 Å². The van der Waals surface area contributed by atoms with E-state index in [9.17, 15) is 9.59 Å². The van der Waals surface area contributed by atoms with Crippen molar-refractivity contribution in [1.29, 1.82) is 0 Å². The molecule has 0 unspecified atom stereocenters.